The minimum absolute atomic E-state index is 0.0106. The van der Waals surface area contributed by atoms with Crippen LogP contribution in [-0.4, -0.2) is 56.6 Å². The second-order valence-electron chi connectivity index (χ2n) is 7.74. The number of carbonyl (C=O) groups is 2. The maximum atomic E-state index is 12.9. The van der Waals surface area contributed by atoms with E-state index in [9.17, 15) is 9.59 Å². The molecule has 1 aromatic carbocycles. The molecule has 1 fully saturated rings. The molecule has 1 atom stereocenters. The highest BCUT2D eigenvalue weighted by Crippen LogP contribution is 2.25. The zero-order chi connectivity index (χ0) is 20.7. The third-order valence-corrected chi connectivity index (χ3v) is 5.14. The molecule has 1 unspecified atom stereocenters. The topological polar surface area (TPSA) is 93.9 Å². The largest absolute Gasteiger partial charge is 0.497 e. The first kappa shape index (κ1) is 22.0. The number of likely N-dealkylation sites (tertiary alicyclic amines) is 1. The van der Waals surface area contributed by atoms with E-state index in [-0.39, 0.29) is 23.8 Å². The van der Waals surface area contributed by atoms with Crippen molar-refractivity contribution in [2.24, 2.45) is 17.6 Å². The van der Waals surface area contributed by atoms with E-state index in [1.54, 1.807) is 37.3 Å². The predicted octanol–water partition coefficient (Wildman–Crippen LogP) is 2.05. The van der Waals surface area contributed by atoms with E-state index in [4.69, 9.17) is 15.2 Å². The van der Waals surface area contributed by atoms with Gasteiger partial charge in [-0.1, -0.05) is 13.8 Å². The van der Waals surface area contributed by atoms with Gasteiger partial charge in [0.05, 0.1) is 14.2 Å². The van der Waals surface area contributed by atoms with Gasteiger partial charge in [-0.05, 0) is 37.3 Å². The summed E-state index contributed by atoms with van der Waals surface area (Å²) < 4.78 is 10.5. The molecular formula is C21H33N3O4. The molecule has 0 bridgehead atoms. The molecule has 1 aliphatic heterocycles. The molecule has 156 valence electrons. The number of methoxy groups -OCH3 is 2. The van der Waals surface area contributed by atoms with Gasteiger partial charge < -0.3 is 25.4 Å². The highest BCUT2D eigenvalue weighted by atomic mass is 16.5. The quantitative estimate of drug-likeness (QED) is 0.707. The summed E-state index contributed by atoms with van der Waals surface area (Å²) in [4.78, 5) is 27.2. The SMILES string of the molecule is COc1cc(OC)cc(C(=O)N2CCC(C(=O)NC(CN)CC(C)C)CC2)c1. The van der Waals surface area contributed by atoms with Crippen LogP contribution in [0, 0.1) is 11.8 Å². The van der Waals surface area contributed by atoms with Crippen molar-refractivity contribution < 1.29 is 19.1 Å². The fraction of sp³-hybridized carbons (Fsp3) is 0.619. The van der Waals surface area contributed by atoms with E-state index in [0.29, 0.717) is 55.5 Å². The zero-order valence-corrected chi connectivity index (χ0v) is 17.4. The van der Waals surface area contributed by atoms with Gasteiger partial charge in [-0.15, -0.1) is 0 Å². The van der Waals surface area contributed by atoms with E-state index in [1.165, 1.54) is 0 Å². The van der Waals surface area contributed by atoms with Crippen LogP contribution in [0.5, 0.6) is 11.5 Å². The Bertz CT molecular complexity index is 647. The average molecular weight is 392 g/mol. The Hall–Kier alpha value is -2.28. The molecule has 1 saturated heterocycles. The van der Waals surface area contributed by atoms with Gasteiger partial charge in [0.2, 0.25) is 5.91 Å². The van der Waals surface area contributed by atoms with Gasteiger partial charge in [0.1, 0.15) is 11.5 Å². The van der Waals surface area contributed by atoms with Crippen molar-refractivity contribution in [3.8, 4) is 11.5 Å². The second kappa shape index (κ2) is 10.3. The molecule has 0 aliphatic carbocycles. The van der Waals surface area contributed by atoms with Crippen LogP contribution in [0.25, 0.3) is 0 Å². The van der Waals surface area contributed by atoms with E-state index >= 15 is 0 Å². The molecule has 0 spiro atoms. The van der Waals surface area contributed by atoms with Gasteiger partial charge in [0.25, 0.3) is 5.91 Å². The van der Waals surface area contributed by atoms with Crippen LogP contribution < -0.4 is 20.5 Å². The van der Waals surface area contributed by atoms with E-state index < -0.39 is 0 Å². The maximum absolute atomic E-state index is 12.9. The second-order valence-corrected chi connectivity index (χ2v) is 7.74. The minimum atomic E-state index is -0.0786. The molecule has 1 aliphatic rings. The highest BCUT2D eigenvalue weighted by Gasteiger charge is 2.29. The van der Waals surface area contributed by atoms with Crippen LogP contribution in [0.15, 0.2) is 18.2 Å². The van der Waals surface area contributed by atoms with Gasteiger partial charge in [-0.3, -0.25) is 9.59 Å². The number of carbonyl (C=O) groups excluding carboxylic acids is 2. The Morgan fingerprint density at radius 2 is 1.71 bits per heavy atom. The Morgan fingerprint density at radius 3 is 2.18 bits per heavy atom. The van der Waals surface area contributed by atoms with Crippen molar-refractivity contribution in [2.75, 3.05) is 33.9 Å². The lowest BCUT2D eigenvalue weighted by Gasteiger charge is -2.32. The minimum Gasteiger partial charge on any atom is -0.497 e. The molecule has 7 nitrogen and oxygen atoms in total. The summed E-state index contributed by atoms with van der Waals surface area (Å²) in [6.07, 6.45) is 2.17. The van der Waals surface area contributed by atoms with Gasteiger partial charge in [0.15, 0.2) is 0 Å². The number of nitrogens with zero attached hydrogens (tertiary/aromatic N) is 1. The number of hydrogen-bond donors (Lipinski definition) is 2. The summed E-state index contributed by atoms with van der Waals surface area (Å²) in [6, 6.07) is 5.16. The molecule has 1 heterocycles. The molecule has 28 heavy (non-hydrogen) atoms. The monoisotopic (exact) mass is 391 g/mol. The van der Waals surface area contributed by atoms with Crippen LogP contribution in [0.3, 0.4) is 0 Å². The smallest absolute Gasteiger partial charge is 0.254 e. The lowest BCUT2D eigenvalue weighted by molar-refractivity contribution is -0.127. The number of nitrogens with two attached hydrogens (primary N) is 1. The summed E-state index contributed by atoms with van der Waals surface area (Å²) in [6.45, 7) is 5.78. The number of piperidine rings is 1. The van der Waals surface area contributed by atoms with E-state index in [2.05, 4.69) is 19.2 Å². The first-order valence-electron chi connectivity index (χ1n) is 9.90. The fourth-order valence-electron chi connectivity index (χ4n) is 3.56. The molecule has 1 aromatic rings. The number of benzene rings is 1. The van der Waals surface area contributed by atoms with Gasteiger partial charge in [0, 0.05) is 43.2 Å². The zero-order valence-electron chi connectivity index (χ0n) is 17.4. The Kier molecular flexibility index (Phi) is 8.11. The van der Waals surface area contributed by atoms with Crippen molar-refractivity contribution in [3.05, 3.63) is 23.8 Å². The van der Waals surface area contributed by atoms with E-state index in [1.807, 2.05) is 0 Å². The number of ether oxygens (including phenoxy) is 2. The number of rotatable bonds is 8. The molecule has 2 rings (SSSR count). The summed E-state index contributed by atoms with van der Waals surface area (Å²) >= 11 is 0. The van der Waals surface area contributed by atoms with Crippen LogP contribution in [0.2, 0.25) is 0 Å². The highest BCUT2D eigenvalue weighted by molar-refractivity contribution is 5.95. The summed E-state index contributed by atoms with van der Waals surface area (Å²) in [7, 11) is 3.11. The first-order valence-corrected chi connectivity index (χ1v) is 9.90. The lowest BCUT2D eigenvalue weighted by atomic mass is 9.94. The normalized spacial score (nSPS) is 16.0. The molecule has 0 radical (unpaired) electrons. The Morgan fingerprint density at radius 1 is 1.14 bits per heavy atom. The van der Waals surface area contributed by atoms with Crippen molar-refractivity contribution in [3.63, 3.8) is 0 Å². The van der Waals surface area contributed by atoms with Crippen LogP contribution in [-0.2, 0) is 4.79 Å². The fourth-order valence-corrected chi connectivity index (χ4v) is 3.56. The molecular weight excluding hydrogens is 358 g/mol. The Balaban J connectivity index is 1.94. The van der Waals surface area contributed by atoms with Gasteiger partial charge in [-0.2, -0.15) is 0 Å². The maximum Gasteiger partial charge on any atom is 0.254 e. The van der Waals surface area contributed by atoms with Gasteiger partial charge in [-0.25, -0.2) is 0 Å². The van der Waals surface area contributed by atoms with Gasteiger partial charge >= 0.3 is 0 Å². The number of amides is 2. The third kappa shape index (κ3) is 5.86. The first-order chi connectivity index (χ1) is 13.4. The number of hydrogen-bond acceptors (Lipinski definition) is 5. The van der Waals surface area contributed by atoms with Crippen molar-refractivity contribution in [1.29, 1.82) is 0 Å². The molecule has 3 N–H and O–H groups in total. The lowest BCUT2D eigenvalue weighted by Crippen LogP contribution is -2.47. The van der Waals surface area contributed by atoms with E-state index in [0.717, 1.165) is 6.42 Å². The molecule has 0 aromatic heterocycles. The van der Waals surface area contributed by atoms with Crippen LogP contribution in [0.4, 0.5) is 0 Å². The standard InChI is InChI=1S/C21H33N3O4/c1-14(2)9-17(13-22)23-20(25)15-5-7-24(8-6-15)21(26)16-10-18(27-3)12-19(11-16)28-4/h10-12,14-15,17H,5-9,13,22H2,1-4H3,(H,23,25). The van der Waals surface area contributed by atoms with Crippen LogP contribution >= 0.6 is 0 Å². The Labute approximate surface area is 167 Å². The predicted molar refractivity (Wildman–Crippen MR) is 109 cm³/mol. The summed E-state index contributed by atoms with van der Waals surface area (Å²) in [5.74, 6) is 1.53. The van der Waals surface area contributed by atoms with Crippen LogP contribution in [0.1, 0.15) is 43.5 Å². The summed E-state index contributed by atoms with van der Waals surface area (Å²) in [5, 5.41) is 3.07. The van der Waals surface area contributed by atoms with Crippen molar-refractivity contribution in [2.45, 2.75) is 39.2 Å². The third-order valence-electron chi connectivity index (χ3n) is 5.14. The summed E-state index contributed by atoms with van der Waals surface area (Å²) in [5.41, 5.74) is 6.31. The number of nitrogens with one attached hydrogen (secondary N) is 1. The molecule has 7 heteroatoms. The van der Waals surface area contributed by atoms with Crippen molar-refractivity contribution >= 4 is 11.8 Å². The molecule has 2 amide bonds. The van der Waals surface area contributed by atoms with Crippen molar-refractivity contribution in [1.82, 2.24) is 10.2 Å². The molecule has 0 saturated carbocycles. The average Bonchev–Trinajstić information content (AvgIpc) is 2.71.